The lowest BCUT2D eigenvalue weighted by Gasteiger charge is -2.13. The molecule has 1 heterocycles. The number of nitrogens with one attached hydrogen (secondary N) is 1. The Labute approximate surface area is 189 Å². The van der Waals surface area contributed by atoms with E-state index in [1.807, 2.05) is 0 Å². The largest absolute Gasteiger partial charge is 0.483 e. The SMILES string of the molecule is O=C(COc1ccc(Cl)cc1Br)NCCN1C(=O)S/C(=C\c2ccccc2F)C1=O. The first-order valence-electron chi connectivity index (χ1n) is 8.69. The number of hydrogen-bond acceptors (Lipinski definition) is 5. The minimum absolute atomic E-state index is 0.00431. The molecule has 0 aromatic heterocycles. The van der Waals surface area contributed by atoms with Crippen molar-refractivity contribution in [3.63, 3.8) is 0 Å². The summed E-state index contributed by atoms with van der Waals surface area (Å²) in [5.74, 6) is -0.961. The molecular formula is C20H15BrClFN2O4S. The Kier molecular flexibility index (Phi) is 7.52. The molecule has 3 rings (SSSR count). The van der Waals surface area contributed by atoms with Crippen molar-refractivity contribution in [2.24, 2.45) is 0 Å². The van der Waals surface area contributed by atoms with Gasteiger partial charge in [-0.25, -0.2) is 4.39 Å². The van der Waals surface area contributed by atoms with Gasteiger partial charge in [0.2, 0.25) is 0 Å². The first-order valence-corrected chi connectivity index (χ1v) is 10.7. The van der Waals surface area contributed by atoms with E-state index in [0.29, 0.717) is 15.2 Å². The molecule has 0 radical (unpaired) electrons. The summed E-state index contributed by atoms with van der Waals surface area (Å²) in [6, 6.07) is 10.9. The van der Waals surface area contributed by atoms with E-state index in [2.05, 4.69) is 21.2 Å². The second-order valence-corrected chi connectivity index (χ2v) is 8.35. The lowest BCUT2D eigenvalue weighted by atomic mass is 10.2. The van der Waals surface area contributed by atoms with Gasteiger partial charge in [0.15, 0.2) is 6.61 Å². The van der Waals surface area contributed by atoms with Crippen molar-refractivity contribution in [1.82, 2.24) is 10.2 Å². The van der Waals surface area contributed by atoms with Crippen LogP contribution in [0.4, 0.5) is 9.18 Å². The summed E-state index contributed by atoms with van der Waals surface area (Å²) in [7, 11) is 0. The van der Waals surface area contributed by atoms with Gasteiger partial charge in [-0.3, -0.25) is 19.3 Å². The van der Waals surface area contributed by atoms with E-state index < -0.39 is 22.9 Å². The number of imide groups is 1. The number of rotatable bonds is 7. The number of carbonyl (C=O) groups excluding carboxylic acids is 3. The van der Waals surface area contributed by atoms with Crippen LogP contribution in [-0.4, -0.2) is 41.6 Å². The zero-order valence-corrected chi connectivity index (χ0v) is 18.5. The van der Waals surface area contributed by atoms with E-state index >= 15 is 0 Å². The van der Waals surface area contributed by atoms with Gasteiger partial charge in [0.05, 0.1) is 9.38 Å². The van der Waals surface area contributed by atoms with Gasteiger partial charge >= 0.3 is 0 Å². The van der Waals surface area contributed by atoms with Crippen LogP contribution in [0.1, 0.15) is 5.56 Å². The lowest BCUT2D eigenvalue weighted by molar-refractivity contribution is -0.125. The number of halogens is 3. The van der Waals surface area contributed by atoms with E-state index in [4.69, 9.17) is 16.3 Å². The molecule has 1 N–H and O–H groups in total. The fourth-order valence-corrected chi connectivity index (χ4v) is 4.17. The molecule has 6 nitrogen and oxygen atoms in total. The monoisotopic (exact) mass is 512 g/mol. The molecule has 0 saturated carbocycles. The van der Waals surface area contributed by atoms with Crippen molar-refractivity contribution in [2.75, 3.05) is 19.7 Å². The van der Waals surface area contributed by atoms with Gasteiger partial charge in [0.25, 0.3) is 17.1 Å². The summed E-state index contributed by atoms with van der Waals surface area (Å²) in [5.41, 5.74) is 0.224. The number of hydrogen-bond donors (Lipinski definition) is 1. The van der Waals surface area contributed by atoms with Gasteiger partial charge in [-0.2, -0.15) is 0 Å². The Balaban J connectivity index is 1.49. The molecule has 2 aromatic rings. The van der Waals surface area contributed by atoms with Crippen LogP contribution in [0.25, 0.3) is 6.08 Å². The molecule has 30 heavy (non-hydrogen) atoms. The van der Waals surface area contributed by atoms with E-state index in [1.165, 1.54) is 24.3 Å². The fraction of sp³-hybridized carbons (Fsp3) is 0.150. The minimum Gasteiger partial charge on any atom is -0.483 e. The second-order valence-electron chi connectivity index (χ2n) is 6.07. The van der Waals surface area contributed by atoms with Crippen molar-refractivity contribution in [1.29, 1.82) is 0 Å². The molecule has 1 saturated heterocycles. The predicted molar refractivity (Wildman–Crippen MR) is 117 cm³/mol. The number of benzene rings is 2. The van der Waals surface area contributed by atoms with Crippen molar-refractivity contribution in [3.05, 3.63) is 68.2 Å². The van der Waals surface area contributed by atoms with Gasteiger partial charge < -0.3 is 10.1 Å². The molecule has 0 aliphatic carbocycles. The van der Waals surface area contributed by atoms with Gasteiger partial charge in [0.1, 0.15) is 11.6 Å². The molecule has 1 aliphatic rings. The van der Waals surface area contributed by atoms with Crippen molar-refractivity contribution >= 4 is 62.4 Å². The first-order chi connectivity index (χ1) is 14.3. The standard InChI is InChI=1S/C20H15BrClFN2O4S/c21-14-10-13(22)5-6-16(14)29-11-18(26)24-7-8-25-19(27)17(30-20(25)28)9-12-3-1-2-4-15(12)23/h1-6,9-10H,7-8,11H2,(H,24,26)/b17-9-. The third-order valence-corrected chi connectivity index (χ3v) is 5.74. The highest BCUT2D eigenvalue weighted by molar-refractivity contribution is 9.10. The Morgan fingerprint density at radius 1 is 1.27 bits per heavy atom. The summed E-state index contributed by atoms with van der Waals surface area (Å²) < 4.78 is 19.8. The van der Waals surface area contributed by atoms with Crippen molar-refractivity contribution in [3.8, 4) is 5.75 Å². The summed E-state index contributed by atoms with van der Waals surface area (Å²) in [4.78, 5) is 37.6. The molecule has 1 fully saturated rings. The topological polar surface area (TPSA) is 75.7 Å². The summed E-state index contributed by atoms with van der Waals surface area (Å²) >= 11 is 9.87. The number of amides is 3. The molecule has 156 valence electrons. The van der Waals surface area contributed by atoms with E-state index in [9.17, 15) is 18.8 Å². The van der Waals surface area contributed by atoms with Crippen molar-refractivity contribution in [2.45, 2.75) is 0 Å². The summed E-state index contributed by atoms with van der Waals surface area (Å²) in [6.45, 7) is -0.181. The average Bonchev–Trinajstić information content (AvgIpc) is 2.96. The maximum absolute atomic E-state index is 13.8. The quantitative estimate of drug-likeness (QED) is 0.553. The summed E-state index contributed by atoms with van der Waals surface area (Å²) in [6.07, 6.45) is 1.34. The number of carbonyl (C=O) groups is 3. The Morgan fingerprint density at radius 2 is 2.03 bits per heavy atom. The molecule has 1 aliphatic heterocycles. The fourth-order valence-electron chi connectivity index (χ4n) is 2.52. The molecule has 2 aromatic carbocycles. The highest BCUT2D eigenvalue weighted by Crippen LogP contribution is 2.32. The summed E-state index contributed by atoms with van der Waals surface area (Å²) in [5, 5.41) is 2.64. The predicted octanol–water partition coefficient (Wildman–Crippen LogP) is 4.47. The Hall–Kier alpha value is -2.36. The highest BCUT2D eigenvalue weighted by atomic mass is 79.9. The third-order valence-electron chi connectivity index (χ3n) is 3.98. The smallest absolute Gasteiger partial charge is 0.293 e. The molecule has 0 spiro atoms. The number of nitrogens with zero attached hydrogens (tertiary/aromatic N) is 1. The van der Waals surface area contributed by atoms with Crippen LogP contribution in [-0.2, 0) is 9.59 Å². The van der Waals surface area contributed by atoms with Crippen LogP contribution in [0, 0.1) is 5.82 Å². The van der Waals surface area contributed by atoms with Crippen molar-refractivity contribution < 1.29 is 23.5 Å². The first kappa shape index (κ1) is 22.3. The Morgan fingerprint density at radius 3 is 2.77 bits per heavy atom. The lowest BCUT2D eigenvalue weighted by Crippen LogP contribution is -2.38. The van der Waals surface area contributed by atoms with Crippen LogP contribution in [0.5, 0.6) is 5.75 Å². The van der Waals surface area contributed by atoms with E-state index in [1.54, 1.807) is 24.3 Å². The highest BCUT2D eigenvalue weighted by Gasteiger charge is 2.34. The average molecular weight is 514 g/mol. The van der Waals surface area contributed by atoms with Crippen LogP contribution < -0.4 is 10.1 Å². The van der Waals surface area contributed by atoms with Crippen LogP contribution in [0.15, 0.2) is 51.8 Å². The van der Waals surface area contributed by atoms with Crippen LogP contribution in [0.2, 0.25) is 5.02 Å². The zero-order chi connectivity index (χ0) is 21.7. The van der Waals surface area contributed by atoms with Gasteiger partial charge in [-0.1, -0.05) is 29.8 Å². The van der Waals surface area contributed by atoms with Gasteiger partial charge in [0, 0.05) is 23.7 Å². The van der Waals surface area contributed by atoms with Gasteiger partial charge in [-0.15, -0.1) is 0 Å². The maximum atomic E-state index is 13.8. The van der Waals surface area contributed by atoms with Crippen LogP contribution >= 0.6 is 39.3 Å². The van der Waals surface area contributed by atoms with Gasteiger partial charge in [-0.05, 0) is 58.0 Å². The Bertz CT molecular complexity index is 1030. The molecule has 0 unspecified atom stereocenters. The zero-order valence-electron chi connectivity index (χ0n) is 15.4. The van der Waals surface area contributed by atoms with E-state index in [-0.39, 0.29) is 30.2 Å². The normalized spacial score (nSPS) is 15.0. The molecule has 10 heteroatoms. The van der Waals surface area contributed by atoms with E-state index in [0.717, 1.165) is 16.7 Å². The number of thioether (sulfide) groups is 1. The minimum atomic E-state index is -0.524. The maximum Gasteiger partial charge on any atom is 0.293 e. The number of ether oxygens (including phenoxy) is 1. The molecule has 0 atom stereocenters. The van der Waals surface area contributed by atoms with Crippen LogP contribution in [0.3, 0.4) is 0 Å². The molecule has 3 amide bonds. The third kappa shape index (κ3) is 5.62. The second kappa shape index (κ2) is 10.1. The molecule has 0 bridgehead atoms. The molecular weight excluding hydrogens is 499 g/mol.